The van der Waals surface area contributed by atoms with Gasteiger partial charge in [0.15, 0.2) is 0 Å². The van der Waals surface area contributed by atoms with Crippen LogP contribution in [0.2, 0.25) is 0 Å². The van der Waals surface area contributed by atoms with Gasteiger partial charge in [-0.1, -0.05) is 23.8 Å². The summed E-state index contributed by atoms with van der Waals surface area (Å²) in [6.45, 7) is 2.00. The zero-order chi connectivity index (χ0) is 11.9. The van der Waals surface area contributed by atoms with Gasteiger partial charge in [-0.25, -0.2) is 9.80 Å². The lowest BCUT2D eigenvalue weighted by atomic mass is 10.1. The molecular formula is C11H13N3OS. The van der Waals surface area contributed by atoms with Gasteiger partial charge in [-0.3, -0.25) is 5.01 Å². The van der Waals surface area contributed by atoms with Crippen molar-refractivity contribution < 1.29 is 4.79 Å². The van der Waals surface area contributed by atoms with Crippen LogP contribution in [0.25, 0.3) is 0 Å². The maximum Gasteiger partial charge on any atom is 0.340 e. The average Bonchev–Trinajstić information content (AvgIpc) is 2.34. The predicted octanol–water partition coefficient (Wildman–Crippen LogP) is 1.99. The van der Waals surface area contributed by atoms with Crippen molar-refractivity contribution in [1.82, 2.24) is 10.0 Å². The van der Waals surface area contributed by atoms with Gasteiger partial charge >= 0.3 is 6.03 Å². The highest BCUT2D eigenvalue weighted by atomic mass is 32.1. The Hall–Kier alpha value is -1.62. The molecule has 0 unspecified atom stereocenters. The highest BCUT2D eigenvalue weighted by molar-refractivity contribution is 7.80. The van der Waals surface area contributed by atoms with Crippen LogP contribution in [0.4, 0.5) is 10.5 Å². The van der Waals surface area contributed by atoms with E-state index in [0.29, 0.717) is 4.99 Å². The molecule has 2 rings (SSSR count). The fourth-order valence-corrected chi connectivity index (χ4v) is 1.88. The summed E-state index contributed by atoms with van der Waals surface area (Å²) in [5.74, 6) is 0. The van der Waals surface area contributed by atoms with Crippen LogP contribution in [-0.2, 0) is 0 Å². The molecule has 2 amide bonds. The number of hydrogen-bond donors (Lipinski definition) is 1. The van der Waals surface area contributed by atoms with Crippen molar-refractivity contribution in [2.45, 2.75) is 6.92 Å². The fraction of sp³-hybridized carbons (Fsp3) is 0.273. The SMILES string of the molecule is Cc1ccc2c(c1)C(=S)N(C)N(C)C(=O)N2. The maximum absolute atomic E-state index is 11.7. The lowest BCUT2D eigenvalue weighted by Crippen LogP contribution is -2.43. The highest BCUT2D eigenvalue weighted by Crippen LogP contribution is 2.23. The number of aryl methyl sites for hydroxylation is 1. The number of carbonyl (C=O) groups excluding carboxylic acids is 1. The number of hydrazine groups is 1. The molecule has 0 saturated carbocycles. The summed E-state index contributed by atoms with van der Waals surface area (Å²) in [5.41, 5.74) is 2.76. The van der Waals surface area contributed by atoms with Crippen molar-refractivity contribution in [3.63, 3.8) is 0 Å². The van der Waals surface area contributed by atoms with E-state index in [1.165, 1.54) is 5.01 Å². The zero-order valence-corrected chi connectivity index (χ0v) is 10.3. The lowest BCUT2D eigenvalue weighted by Gasteiger charge is -2.26. The number of anilines is 1. The number of fused-ring (bicyclic) bond motifs is 1. The van der Waals surface area contributed by atoms with E-state index in [0.717, 1.165) is 16.8 Å². The van der Waals surface area contributed by atoms with E-state index in [2.05, 4.69) is 5.32 Å². The van der Waals surface area contributed by atoms with Gasteiger partial charge in [0.1, 0.15) is 4.99 Å². The number of nitrogens with zero attached hydrogens (tertiary/aromatic N) is 2. The molecule has 0 atom stereocenters. The van der Waals surface area contributed by atoms with Crippen LogP contribution >= 0.6 is 12.2 Å². The van der Waals surface area contributed by atoms with Crippen LogP contribution < -0.4 is 5.32 Å². The minimum atomic E-state index is -0.188. The molecule has 0 fully saturated rings. The molecule has 0 spiro atoms. The molecular weight excluding hydrogens is 222 g/mol. The van der Waals surface area contributed by atoms with Gasteiger partial charge in [-0.15, -0.1) is 0 Å². The molecule has 0 bridgehead atoms. The number of carbonyl (C=O) groups is 1. The van der Waals surface area contributed by atoms with Crippen LogP contribution in [0.1, 0.15) is 11.1 Å². The Bertz CT molecular complexity index is 472. The first-order chi connectivity index (χ1) is 7.50. The molecule has 1 aliphatic rings. The second-order valence-electron chi connectivity index (χ2n) is 3.83. The van der Waals surface area contributed by atoms with E-state index in [1.807, 2.05) is 25.1 Å². The Balaban J connectivity index is 2.56. The van der Waals surface area contributed by atoms with Crippen LogP contribution in [0.3, 0.4) is 0 Å². The number of hydrogen-bond acceptors (Lipinski definition) is 2. The highest BCUT2D eigenvalue weighted by Gasteiger charge is 2.24. The number of nitrogens with one attached hydrogen (secondary N) is 1. The molecule has 5 heteroatoms. The van der Waals surface area contributed by atoms with Gasteiger partial charge in [0.05, 0.1) is 5.69 Å². The summed E-state index contributed by atoms with van der Waals surface area (Å²) >= 11 is 5.35. The van der Waals surface area contributed by atoms with Crippen molar-refractivity contribution in [2.75, 3.05) is 19.4 Å². The Labute approximate surface area is 99.8 Å². The molecule has 1 aromatic rings. The second kappa shape index (κ2) is 3.75. The number of rotatable bonds is 0. The van der Waals surface area contributed by atoms with Gasteiger partial charge in [-0.2, -0.15) is 0 Å². The lowest BCUT2D eigenvalue weighted by molar-refractivity contribution is 0.141. The van der Waals surface area contributed by atoms with Crippen LogP contribution in [0.5, 0.6) is 0 Å². The van der Waals surface area contributed by atoms with Crippen LogP contribution in [0.15, 0.2) is 18.2 Å². The van der Waals surface area contributed by atoms with Crippen molar-refractivity contribution in [2.24, 2.45) is 0 Å². The first-order valence-corrected chi connectivity index (χ1v) is 5.35. The van der Waals surface area contributed by atoms with Gasteiger partial charge in [-0.05, 0) is 19.1 Å². The van der Waals surface area contributed by atoms with E-state index >= 15 is 0 Å². The van der Waals surface area contributed by atoms with Crippen molar-refractivity contribution in [3.8, 4) is 0 Å². The summed E-state index contributed by atoms with van der Waals surface area (Å²) < 4.78 is 0. The predicted molar refractivity (Wildman–Crippen MR) is 67.4 cm³/mol. The third-order valence-corrected chi connectivity index (χ3v) is 3.17. The molecule has 16 heavy (non-hydrogen) atoms. The molecule has 1 N–H and O–H groups in total. The Morgan fingerprint density at radius 2 is 1.94 bits per heavy atom. The Morgan fingerprint density at radius 3 is 2.62 bits per heavy atom. The third-order valence-electron chi connectivity index (χ3n) is 2.68. The smallest absolute Gasteiger partial charge is 0.306 e. The first-order valence-electron chi connectivity index (χ1n) is 4.94. The van der Waals surface area contributed by atoms with Crippen LogP contribution in [-0.4, -0.2) is 35.1 Å². The second-order valence-corrected chi connectivity index (χ2v) is 4.22. The largest absolute Gasteiger partial charge is 0.340 e. The third kappa shape index (κ3) is 1.63. The van der Waals surface area contributed by atoms with Crippen molar-refractivity contribution in [3.05, 3.63) is 29.3 Å². The van der Waals surface area contributed by atoms with Gasteiger partial charge in [0, 0.05) is 19.7 Å². The maximum atomic E-state index is 11.7. The van der Waals surface area contributed by atoms with E-state index in [4.69, 9.17) is 12.2 Å². The average molecular weight is 235 g/mol. The zero-order valence-electron chi connectivity index (χ0n) is 9.44. The van der Waals surface area contributed by atoms with Gasteiger partial charge in [0.2, 0.25) is 0 Å². The summed E-state index contributed by atoms with van der Waals surface area (Å²) in [7, 11) is 3.46. The Morgan fingerprint density at radius 1 is 1.25 bits per heavy atom. The van der Waals surface area contributed by atoms with Crippen molar-refractivity contribution in [1.29, 1.82) is 0 Å². The summed E-state index contributed by atoms with van der Waals surface area (Å²) in [6.07, 6.45) is 0. The number of benzene rings is 1. The molecule has 1 aliphatic heterocycles. The minimum Gasteiger partial charge on any atom is -0.306 e. The van der Waals surface area contributed by atoms with Crippen molar-refractivity contribution >= 4 is 28.9 Å². The van der Waals surface area contributed by atoms with Crippen LogP contribution in [0, 0.1) is 6.92 Å². The first kappa shape index (κ1) is 10.9. The molecule has 0 aromatic heterocycles. The summed E-state index contributed by atoms with van der Waals surface area (Å²) in [5, 5.41) is 5.94. The van der Waals surface area contributed by atoms with E-state index in [1.54, 1.807) is 19.1 Å². The molecule has 0 saturated heterocycles. The molecule has 0 aliphatic carbocycles. The Kier molecular flexibility index (Phi) is 2.55. The molecule has 4 nitrogen and oxygen atoms in total. The minimum absolute atomic E-state index is 0.188. The summed E-state index contributed by atoms with van der Waals surface area (Å²) in [4.78, 5) is 12.4. The van der Waals surface area contributed by atoms with Gasteiger partial charge < -0.3 is 5.32 Å². The monoisotopic (exact) mass is 235 g/mol. The topological polar surface area (TPSA) is 35.6 Å². The number of amides is 2. The molecule has 1 aromatic carbocycles. The number of urea groups is 1. The fourth-order valence-electron chi connectivity index (χ4n) is 1.59. The molecule has 84 valence electrons. The standard InChI is InChI=1S/C11H13N3OS/c1-7-4-5-9-8(6-7)10(16)13(2)14(3)11(15)12-9/h4-6H,1-3H3,(H,12,15). The molecule has 0 radical (unpaired) electrons. The van der Waals surface area contributed by atoms with E-state index in [-0.39, 0.29) is 6.03 Å². The quantitative estimate of drug-likeness (QED) is 0.699. The van der Waals surface area contributed by atoms with E-state index < -0.39 is 0 Å². The van der Waals surface area contributed by atoms with E-state index in [9.17, 15) is 4.79 Å². The molecule has 1 heterocycles. The summed E-state index contributed by atoms with van der Waals surface area (Å²) in [6, 6.07) is 5.62. The van der Waals surface area contributed by atoms with Gasteiger partial charge in [0.25, 0.3) is 0 Å². The number of thiocarbonyl (C=S) groups is 1. The normalized spacial score (nSPS) is 15.7.